The molecule has 1 aromatic carbocycles. The Labute approximate surface area is 84.9 Å². The Morgan fingerprint density at radius 3 is 2.71 bits per heavy atom. The summed E-state index contributed by atoms with van der Waals surface area (Å²) in [4.78, 5) is 0. The molecule has 1 N–H and O–H groups in total. The summed E-state index contributed by atoms with van der Waals surface area (Å²) in [6, 6.07) is 7.82. The minimum absolute atomic E-state index is 0.126. The van der Waals surface area contributed by atoms with Crippen molar-refractivity contribution in [1.29, 1.82) is 0 Å². The Kier molecular flexibility index (Phi) is 3.92. The zero-order chi connectivity index (χ0) is 10.6. The Morgan fingerprint density at radius 1 is 1.43 bits per heavy atom. The van der Waals surface area contributed by atoms with E-state index in [2.05, 4.69) is 0 Å². The molecule has 0 aromatic heterocycles. The molecule has 0 radical (unpaired) electrons. The second-order valence-electron chi connectivity index (χ2n) is 3.54. The molecule has 0 fully saturated rings. The molecule has 0 saturated heterocycles. The molecule has 1 rings (SSSR count). The van der Waals surface area contributed by atoms with Crippen LogP contribution in [0.5, 0.6) is 5.75 Å². The van der Waals surface area contributed by atoms with E-state index in [-0.39, 0.29) is 6.04 Å². The molecule has 0 aliphatic rings. The van der Waals surface area contributed by atoms with Crippen LogP contribution in [0.2, 0.25) is 0 Å². The first-order valence-electron chi connectivity index (χ1n) is 4.72. The number of ether oxygens (including phenoxy) is 1. The topological polar surface area (TPSA) is 32.7 Å². The molecular weight excluding hydrogens is 178 g/mol. The lowest BCUT2D eigenvalue weighted by Crippen LogP contribution is -2.26. The SMILES string of the molecule is COc1cccc(CN(O)C(C)C)c1. The minimum Gasteiger partial charge on any atom is -0.497 e. The van der Waals surface area contributed by atoms with Crippen molar-refractivity contribution < 1.29 is 9.94 Å². The van der Waals surface area contributed by atoms with Crippen molar-refractivity contribution in [3.63, 3.8) is 0 Å². The van der Waals surface area contributed by atoms with Gasteiger partial charge in [-0.15, -0.1) is 0 Å². The molecule has 0 amide bonds. The van der Waals surface area contributed by atoms with Crippen LogP contribution in [0, 0.1) is 0 Å². The molecule has 14 heavy (non-hydrogen) atoms. The predicted octanol–water partition coefficient (Wildman–Crippen LogP) is 2.29. The molecule has 0 atom stereocenters. The maximum atomic E-state index is 9.54. The summed E-state index contributed by atoms with van der Waals surface area (Å²) in [5.41, 5.74) is 1.04. The molecule has 1 aromatic rings. The number of nitrogens with zero attached hydrogens (tertiary/aromatic N) is 1. The van der Waals surface area contributed by atoms with Crippen molar-refractivity contribution in [2.75, 3.05) is 7.11 Å². The fraction of sp³-hybridized carbons (Fsp3) is 0.455. The number of hydrogen-bond donors (Lipinski definition) is 1. The molecule has 0 unspecified atom stereocenters. The largest absolute Gasteiger partial charge is 0.497 e. The van der Waals surface area contributed by atoms with Crippen LogP contribution in [-0.4, -0.2) is 23.4 Å². The summed E-state index contributed by atoms with van der Waals surface area (Å²) in [7, 11) is 1.64. The second kappa shape index (κ2) is 4.98. The van der Waals surface area contributed by atoms with Gasteiger partial charge in [0.05, 0.1) is 7.11 Å². The Balaban J connectivity index is 2.66. The van der Waals surface area contributed by atoms with Crippen LogP contribution < -0.4 is 4.74 Å². The maximum Gasteiger partial charge on any atom is 0.119 e. The first-order valence-corrected chi connectivity index (χ1v) is 4.72. The average molecular weight is 195 g/mol. The normalized spacial score (nSPS) is 11.0. The molecule has 0 aliphatic carbocycles. The molecule has 0 spiro atoms. The van der Waals surface area contributed by atoms with Crippen molar-refractivity contribution in [3.05, 3.63) is 29.8 Å². The van der Waals surface area contributed by atoms with E-state index in [1.165, 1.54) is 5.06 Å². The van der Waals surface area contributed by atoms with E-state index in [0.29, 0.717) is 6.54 Å². The third-order valence-electron chi connectivity index (χ3n) is 2.07. The van der Waals surface area contributed by atoms with E-state index in [0.717, 1.165) is 11.3 Å². The van der Waals surface area contributed by atoms with Gasteiger partial charge >= 0.3 is 0 Å². The highest BCUT2D eigenvalue weighted by Gasteiger charge is 2.06. The van der Waals surface area contributed by atoms with Crippen LogP contribution in [0.25, 0.3) is 0 Å². The first kappa shape index (κ1) is 11.0. The third kappa shape index (κ3) is 3.01. The molecule has 3 heteroatoms. The number of benzene rings is 1. The highest BCUT2D eigenvalue weighted by Crippen LogP contribution is 2.14. The first-order chi connectivity index (χ1) is 6.63. The van der Waals surface area contributed by atoms with Gasteiger partial charge in [-0.3, -0.25) is 0 Å². The third-order valence-corrected chi connectivity index (χ3v) is 2.07. The fourth-order valence-corrected chi connectivity index (χ4v) is 1.14. The van der Waals surface area contributed by atoms with Gasteiger partial charge in [0, 0.05) is 12.6 Å². The standard InChI is InChI=1S/C11H17NO2/c1-9(2)12(13)8-10-5-4-6-11(7-10)14-3/h4-7,9,13H,8H2,1-3H3. The van der Waals surface area contributed by atoms with E-state index in [1.807, 2.05) is 38.1 Å². The van der Waals surface area contributed by atoms with Crippen molar-refractivity contribution in [1.82, 2.24) is 5.06 Å². The number of hydroxylamine groups is 2. The van der Waals surface area contributed by atoms with Gasteiger partial charge in [-0.05, 0) is 31.5 Å². The highest BCUT2D eigenvalue weighted by atomic mass is 16.5. The monoisotopic (exact) mass is 195 g/mol. The van der Waals surface area contributed by atoms with E-state index in [4.69, 9.17) is 4.74 Å². The average Bonchev–Trinajstić information content (AvgIpc) is 2.18. The van der Waals surface area contributed by atoms with Crippen molar-refractivity contribution in [2.24, 2.45) is 0 Å². The van der Waals surface area contributed by atoms with Crippen LogP contribution in [0.4, 0.5) is 0 Å². The lowest BCUT2D eigenvalue weighted by Gasteiger charge is -2.18. The van der Waals surface area contributed by atoms with E-state index < -0.39 is 0 Å². The summed E-state index contributed by atoms with van der Waals surface area (Å²) >= 11 is 0. The van der Waals surface area contributed by atoms with Gasteiger partial charge in [0.1, 0.15) is 5.75 Å². The molecule has 0 bridgehead atoms. The number of methoxy groups -OCH3 is 1. The predicted molar refractivity (Wildman–Crippen MR) is 55.5 cm³/mol. The second-order valence-corrected chi connectivity index (χ2v) is 3.54. The van der Waals surface area contributed by atoms with Crippen LogP contribution in [0.15, 0.2) is 24.3 Å². The summed E-state index contributed by atoms with van der Waals surface area (Å²) in [5, 5.41) is 10.8. The maximum absolute atomic E-state index is 9.54. The van der Waals surface area contributed by atoms with Gasteiger partial charge in [0.15, 0.2) is 0 Å². The summed E-state index contributed by atoms with van der Waals surface area (Å²) in [6.07, 6.45) is 0. The number of hydrogen-bond acceptors (Lipinski definition) is 3. The molecular formula is C11H17NO2. The summed E-state index contributed by atoms with van der Waals surface area (Å²) < 4.78 is 5.10. The van der Waals surface area contributed by atoms with Crippen molar-refractivity contribution in [2.45, 2.75) is 26.4 Å². The minimum atomic E-state index is 0.126. The van der Waals surface area contributed by atoms with Gasteiger partial charge in [0.25, 0.3) is 0 Å². The zero-order valence-electron chi connectivity index (χ0n) is 8.90. The van der Waals surface area contributed by atoms with Crippen LogP contribution in [0.1, 0.15) is 19.4 Å². The van der Waals surface area contributed by atoms with Crippen LogP contribution in [-0.2, 0) is 6.54 Å². The van der Waals surface area contributed by atoms with Crippen LogP contribution in [0.3, 0.4) is 0 Å². The zero-order valence-corrected chi connectivity index (χ0v) is 8.90. The molecule has 0 saturated carbocycles. The summed E-state index contributed by atoms with van der Waals surface area (Å²) in [5.74, 6) is 0.819. The molecule has 78 valence electrons. The van der Waals surface area contributed by atoms with Gasteiger partial charge in [-0.25, -0.2) is 0 Å². The fourth-order valence-electron chi connectivity index (χ4n) is 1.14. The van der Waals surface area contributed by atoms with Gasteiger partial charge in [0.2, 0.25) is 0 Å². The Morgan fingerprint density at radius 2 is 2.14 bits per heavy atom. The number of rotatable bonds is 4. The van der Waals surface area contributed by atoms with Crippen molar-refractivity contribution >= 4 is 0 Å². The quantitative estimate of drug-likeness (QED) is 0.748. The Hall–Kier alpha value is -1.06. The van der Waals surface area contributed by atoms with E-state index in [1.54, 1.807) is 7.11 Å². The lowest BCUT2D eigenvalue weighted by atomic mass is 10.2. The van der Waals surface area contributed by atoms with Gasteiger partial charge in [-0.1, -0.05) is 12.1 Å². The van der Waals surface area contributed by atoms with E-state index in [9.17, 15) is 5.21 Å². The smallest absolute Gasteiger partial charge is 0.119 e. The molecule has 0 heterocycles. The van der Waals surface area contributed by atoms with Crippen LogP contribution >= 0.6 is 0 Å². The highest BCUT2D eigenvalue weighted by molar-refractivity contribution is 5.28. The van der Waals surface area contributed by atoms with E-state index >= 15 is 0 Å². The lowest BCUT2D eigenvalue weighted by molar-refractivity contribution is -0.125. The van der Waals surface area contributed by atoms with Crippen molar-refractivity contribution in [3.8, 4) is 5.75 Å². The molecule has 3 nitrogen and oxygen atoms in total. The summed E-state index contributed by atoms with van der Waals surface area (Å²) in [6.45, 7) is 4.41. The Bertz CT molecular complexity index is 286. The van der Waals surface area contributed by atoms with Gasteiger partial charge in [-0.2, -0.15) is 5.06 Å². The van der Waals surface area contributed by atoms with Gasteiger partial charge < -0.3 is 9.94 Å². The molecule has 0 aliphatic heterocycles.